The first-order valence-electron chi connectivity index (χ1n) is 2.97. The van der Waals surface area contributed by atoms with Crippen molar-refractivity contribution in [2.75, 3.05) is 0 Å². The highest BCUT2D eigenvalue weighted by Crippen LogP contribution is 2.02. The van der Waals surface area contributed by atoms with Crippen LogP contribution < -0.4 is 0 Å². The number of nitrogens with zero attached hydrogens (tertiary/aromatic N) is 3. The van der Waals surface area contributed by atoms with E-state index in [2.05, 4.69) is 15.0 Å². The van der Waals surface area contributed by atoms with Crippen LogP contribution in [-0.2, 0) is 0 Å². The van der Waals surface area contributed by atoms with Gasteiger partial charge in [-0.05, 0) is 12.1 Å². The van der Waals surface area contributed by atoms with E-state index >= 15 is 0 Å². The predicted molar refractivity (Wildman–Crippen MR) is 44.6 cm³/mol. The zero-order chi connectivity index (χ0) is 6.81. The van der Waals surface area contributed by atoms with Crippen LogP contribution in [0.2, 0.25) is 0 Å². The minimum Gasteiger partial charge on any atom is -0.253 e. The van der Waals surface area contributed by atoms with E-state index < -0.39 is 0 Å². The number of halogens is 1. The predicted octanol–water partition coefficient (Wildman–Crippen LogP) is 1.45. The van der Waals surface area contributed by atoms with E-state index in [1.54, 1.807) is 12.4 Å². The minimum absolute atomic E-state index is 0. The molecule has 0 N–H and O–H groups in total. The summed E-state index contributed by atoms with van der Waals surface area (Å²) in [7, 11) is 0. The van der Waals surface area contributed by atoms with Gasteiger partial charge in [-0.25, -0.2) is 9.97 Å². The Morgan fingerprint density at radius 3 is 2.82 bits per heavy atom. The minimum atomic E-state index is 0. The van der Waals surface area contributed by atoms with Gasteiger partial charge in [-0.3, -0.25) is 4.98 Å². The molecule has 0 aromatic carbocycles. The van der Waals surface area contributed by atoms with Crippen molar-refractivity contribution in [1.82, 2.24) is 15.0 Å². The van der Waals surface area contributed by atoms with Gasteiger partial charge >= 0.3 is 0 Å². The van der Waals surface area contributed by atoms with Crippen molar-refractivity contribution < 1.29 is 0 Å². The lowest BCUT2D eigenvalue weighted by atomic mass is 10.4. The maximum atomic E-state index is 4.06. The molecular weight excluding hydrogens is 162 g/mol. The largest absolute Gasteiger partial charge is 0.253 e. The molecule has 3 nitrogen and oxygen atoms in total. The van der Waals surface area contributed by atoms with E-state index in [1.807, 2.05) is 12.1 Å². The Balaban J connectivity index is 0.000000605. The zero-order valence-electron chi connectivity index (χ0n) is 5.64. The lowest BCUT2D eigenvalue weighted by Gasteiger charge is -1.89. The van der Waals surface area contributed by atoms with Crippen molar-refractivity contribution in [3.05, 3.63) is 30.9 Å². The Labute approximate surface area is 69.9 Å². The molecule has 2 aromatic rings. The fourth-order valence-electron chi connectivity index (χ4n) is 0.817. The molecular formula is C7H6ClN3. The van der Waals surface area contributed by atoms with E-state index in [4.69, 9.17) is 0 Å². The molecule has 2 rings (SSSR count). The van der Waals surface area contributed by atoms with Gasteiger partial charge in [0.05, 0.1) is 11.7 Å². The smallest absolute Gasteiger partial charge is 0.116 e. The number of fused-ring (bicyclic) bond motifs is 1. The summed E-state index contributed by atoms with van der Waals surface area (Å²) in [6.45, 7) is 0. The molecule has 0 fully saturated rings. The Morgan fingerprint density at radius 1 is 1.09 bits per heavy atom. The maximum Gasteiger partial charge on any atom is 0.116 e. The van der Waals surface area contributed by atoms with Gasteiger partial charge in [0, 0.05) is 6.20 Å². The second kappa shape index (κ2) is 3.25. The van der Waals surface area contributed by atoms with Gasteiger partial charge < -0.3 is 0 Å². The molecule has 0 aliphatic carbocycles. The van der Waals surface area contributed by atoms with Crippen molar-refractivity contribution >= 4 is 23.4 Å². The van der Waals surface area contributed by atoms with Crippen LogP contribution in [0.25, 0.3) is 11.0 Å². The van der Waals surface area contributed by atoms with Gasteiger partial charge in [0.1, 0.15) is 11.8 Å². The summed E-state index contributed by atoms with van der Waals surface area (Å²) in [6, 6.07) is 3.76. The average Bonchev–Trinajstić information content (AvgIpc) is 2.05. The first kappa shape index (κ1) is 7.88. The summed E-state index contributed by atoms with van der Waals surface area (Å²) in [6.07, 6.45) is 4.94. The first-order valence-corrected chi connectivity index (χ1v) is 2.97. The second-order valence-electron chi connectivity index (χ2n) is 1.93. The van der Waals surface area contributed by atoms with Crippen LogP contribution in [0, 0.1) is 0 Å². The molecule has 0 radical (unpaired) electrons. The number of hydrogen-bond acceptors (Lipinski definition) is 3. The van der Waals surface area contributed by atoms with Gasteiger partial charge in [0.15, 0.2) is 0 Å². The van der Waals surface area contributed by atoms with Crippen molar-refractivity contribution in [3.8, 4) is 0 Å². The molecule has 2 aromatic heterocycles. The molecule has 0 spiro atoms. The molecule has 0 saturated heterocycles. The molecule has 0 saturated carbocycles. The number of hydrogen-bond donors (Lipinski definition) is 0. The van der Waals surface area contributed by atoms with E-state index in [0.29, 0.717) is 0 Å². The molecule has 0 bridgehead atoms. The van der Waals surface area contributed by atoms with Gasteiger partial charge in [0.25, 0.3) is 0 Å². The normalized spacial score (nSPS) is 9.09. The van der Waals surface area contributed by atoms with E-state index in [9.17, 15) is 0 Å². The van der Waals surface area contributed by atoms with Gasteiger partial charge in [0.2, 0.25) is 0 Å². The van der Waals surface area contributed by atoms with Crippen molar-refractivity contribution in [3.63, 3.8) is 0 Å². The molecule has 0 amide bonds. The van der Waals surface area contributed by atoms with Gasteiger partial charge in [-0.15, -0.1) is 12.4 Å². The van der Waals surface area contributed by atoms with Crippen LogP contribution in [0.1, 0.15) is 0 Å². The summed E-state index contributed by atoms with van der Waals surface area (Å²) in [5.41, 5.74) is 1.72. The van der Waals surface area contributed by atoms with Crippen LogP contribution in [0.15, 0.2) is 30.9 Å². The highest BCUT2D eigenvalue weighted by Gasteiger charge is 1.89. The van der Waals surface area contributed by atoms with Crippen LogP contribution in [0.3, 0.4) is 0 Å². The monoisotopic (exact) mass is 167 g/mol. The van der Waals surface area contributed by atoms with Crippen molar-refractivity contribution in [2.24, 2.45) is 0 Å². The highest BCUT2D eigenvalue weighted by atomic mass is 35.5. The molecule has 11 heavy (non-hydrogen) atoms. The number of aromatic nitrogens is 3. The zero-order valence-corrected chi connectivity index (χ0v) is 6.45. The van der Waals surface area contributed by atoms with Crippen LogP contribution >= 0.6 is 12.4 Å². The Morgan fingerprint density at radius 2 is 2.00 bits per heavy atom. The SMILES string of the molecule is Cl.c1cnc2cncnc2c1. The van der Waals surface area contributed by atoms with Crippen molar-refractivity contribution in [1.29, 1.82) is 0 Å². The number of rotatable bonds is 0. The van der Waals surface area contributed by atoms with Crippen LogP contribution in [0.5, 0.6) is 0 Å². The first-order chi connectivity index (χ1) is 4.97. The average molecular weight is 168 g/mol. The Hall–Kier alpha value is -1.22. The van der Waals surface area contributed by atoms with E-state index in [1.165, 1.54) is 6.33 Å². The molecule has 0 aliphatic heterocycles. The molecule has 0 atom stereocenters. The molecule has 2 heterocycles. The van der Waals surface area contributed by atoms with Gasteiger partial charge in [-0.2, -0.15) is 0 Å². The Bertz CT molecular complexity index is 285. The number of pyridine rings is 1. The second-order valence-corrected chi connectivity index (χ2v) is 1.93. The van der Waals surface area contributed by atoms with Crippen molar-refractivity contribution in [2.45, 2.75) is 0 Å². The van der Waals surface area contributed by atoms with E-state index in [-0.39, 0.29) is 12.4 Å². The third kappa shape index (κ3) is 1.43. The lowest BCUT2D eigenvalue weighted by Crippen LogP contribution is -1.81. The topological polar surface area (TPSA) is 38.7 Å². The molecule has 0 unspecified atom stereocenters. The van der Waals surface area contributed by atoms with Crippen LogP contribution in [-0.4, -0.2) is 15.0 Å². The quantitative estimate of drug-likeness (QED) is 0.596. The summed E-state index contributed by atoms with van der Waals surface area (Å²) in [5, 5.41) is 0. The lowest BCUT2D eigenvalue weighted by molar-refractivity contribution is 1.20. The maximum absolute atomic E-state index is 4.06. The van der Waals surface area contributed by atoms with Crippen LogP contribution in [0.4, 0.5) is 0 Å². The Kier molecular flexibility index (Phi) is 2.33. The standard InChI is InChI=1S/C7H5N3.ClH/c1-2-6-7(9-3-1)4-8-5-10-6;/h1-5H;1H. The fourth-order valence-corrected chi connectivity index (χ4v) is 0.817. The summed E-state index contributed by atoms with van der Waals surface area (Å²) in [5.74, 6) is 0. The molecule has 56 valence electrons. The molecule has 4 heteroatoms. The highest BCUT2D eigenvalue weighted by molar-refractivity contribution is 5.85. The van der Waals surface area contributed by atoms with E-state index in [0.717, 1.165) is 11.0 Å². The summed E-state index contributed by atoms with van der Waals surface area (Å²) in [4.78, 5) is 11.9. The third-order valence-corrected chi connectivity index (χ3v) is 1.28. The fraction of sp³-hybridized carbons (Fsp3) is 0. The van der Waals surface area contributed by atoms with Gasteiger partial charge in [-0.1, -0.05) is 0 Å². The summed E-state index contributed by atoms with van der Waals surface area (Å²) < 4.78 is 0. The third-order valence-electron chi connectivity index (χ3n) is 1.28. The summed E-state index contributed by atoms with van der Waals surface area (Å²) >= 11 is 0. The molecule has 0 aliphatic rings.